The minimum atomic E-state index is -5.08. The highest BCUT2D eigenvalue weighted by atomic mass is 19.4. The van der Waals surface area contributed by atoms with E-state index in [4.69, 9.17) is 14.6 Å². The first-order valence-electron chi connectivity index (χ1n) is 6.53. The SMILES string of the molecule is CNC(=O)c1ccc(O[C@@H]2CN[C@@H]2C)cn1.O=C(O)C(F)(F)F. The van der Waals surface area contributed by atoms with E-state index in [0.717, 1.165) is 6.54 Å². The summed E-state index contributed by atoms with van der Waals surface area (Å²) in [6.45, 7) is 2.93. The molecule has 0 aromatic carbocycles. The first-order chi connectivity index (χ1) is 10.6. The number of hydrogen-bond donors (Lipinski definition) is 3. The van der Waals surface area contributed by atoms with Crippen LogP contribution in [0.5, 0.6) is 5.75 Å². The van der Waals surface area contributed by atoms with E-state index in [1.165, 1.54) is 0 Å². The Labute approximate surface area is 129 Å². The van der Waals surface area contributed by atoms with E-state index in [9.17, 15) is 18.0 Å². The fourth-order valence-corrected chi connectivity index (χ4v) is 1.48. The Morgan fingerprint density at radius 1 is 1.43 bits per heavy atom. The number of amides is 1. The van der Waals surface area contributed by atoms with Gasteiger partial charge in [0.25, 0.3) is 5.91 Å². The molecule has 10 heteroatoms. The van der Waals surface area contributed by atoms with E-state index in [1.54, 1.807) is 25.4 Å². The second-order valence-electron chi connectivity index (χ2n) is 4.61. The van der Waals surface area contributed by atoms with Crippen LogP contribution in [0.4, 0.5) is 13.2 Å². The molecule has 1 aliphatic heterocycles. The molecule has 23 heavy (non-hydrogen) atoms. The molecule has 1 aliphatic rings. The van der Waals surface area contributed by atoms with Gasteiger partial charge in [-0.15, -0.1) is 0 Å². The molecule has 1 aromatic heterocycles. The molecular weight excluding hydrogens is 319 g/mol. The summed E-state index contributed by atoms with van der Waals surface area (Å²) in [5.74, 6) is -2.25. The number of aliphatic carboxylic acids is 1. The van der Waals surface area contributed by atoms with Crippen LogP contribution >= 0.6 is 0 Å². The van der Waals surface area contributed by atoms with Crippen molar-refractivity contribution in [2.75, 3.05) is 13.6 Å². The first-order valence-corrected chi connectivity index (χ1v) is 6.53. The largest absolute Gasteiger partial charge is 0.490 e. The maximum atomic E-state index is 11.2. The van der Waals surface area contributed by atoms with Crippen molar-refractivity contribution in [2.24, 2.45) is 0 Å². The van der Waals surface area contributed by atoms with Gasteiger partial charge in [0.15, 0.2) is 0 Å². The van der Waals surface area contributed by atoms with E-state index < -0.39 is 12.1 Å². The number of halogens is 3. The molecule has 1 saturated heterocycles. The fourth-order valence-electron chi connectivity index (χ4n) is 1.48. The van der Waals surface area contributed by atoms with Crippen molar-refractivity contribution in [3.05, 3.63) is 24.0 Å². The van der Waals surface area contributed by atoms with Crippen molar-refractivity contribution in [1.29, 1.82) is 0 Å². The third-order valence-electron chi connectivity index (χ3n) is 2.92. The van der Waals surface area contributed by atoms with Gasteiger partial charge in [-0.3, -0.25) is 4.79 Å². The van der Waals surface area contributed by atoms with Gasteiger partial charge >= 0.3 is 12.1 Å². The van der Waals surface area contributed by atoms with Gasteiger partial charge in [-0.1, -0.05) is 0 Å². The molecule has 1 fully saturated rings. The second-order valence-corrected chi connectivity index (χ2v) is 4.61. The lowest BCUT2D eigenvalue weighted by Gasteiger charge is -2.35. The molecule has 2 rings (SSSR count). The van der Waals surface area contributed by atoms with E-state index in [1.807, 2.05) is 0 Å². The molecule has 2 atom stereocenters. The summed E-state index contributed by atoms with van der Waals surface area (Å²) >= 11 is 0. The third-order valence-corrected chi connectivity index (χ3v) is 2.92. The summed E-state index contributed by atoms with van der Waals surface area (Å²) < 4.78 is 37.4. The van der Waals surface area contributed by atoms with Crippen LogP contribution in [0.2, 0.25) is 0 Å². The van der Waals surface area contributed by atoms with Crippen LogP contribution in [0, 0.1) is 0 Å². The molecule has 0 radical (unpaired) electrons. The topological polar surface area (TPSA) is 101 Å². The first kappa shape index (κ1) is 18.7. The Kier molecular flexibility index (Phi) is 6.31. The zero-order chi connectivity index (χ0) is 17.6. The molecule has 7 nitrogen and oxygen atoms in total. The zero-order valence-electron chi connectivity index (χ0n) is 12.3. The Morgan fingerprint density at radius 2 is 2.04 bits per heavy atom. The lowest BCUT2D eigenvalue weighted by Crippen LogP contribution is -2.58. The number of hydrogen-bond acceptors (Lipinski definition) is 5. The monoisotopic (exact) mass is 335 g/mol. The standard InChI is InChI=1S/C11H15N3O2.C2HF3O2/c1-7-10(6-13-7)16-8-3-4-9(14-5-8)11(15)12-2;3-2(4,5)1(6)7/h3-5,7,10,13H,6H2,1-2H3,(H,12,15);(H,6,7)/t7-,10-;/m1./s1. The lowest BCUT2D eigenvalue weighted by atomic mass is 10.1. The Morgan fingerprint density at radius 3 is 2.35 bits per heavy atom. The van der Waals surface area contributed by atoms with Crippen LogP contribution in [0.1, 0.15) is 17.4 Å². The van der Waals surface area contributed by atoms with Crippen LogP contribution in [-0.2, 0) is 4.79 Å². The molecule has 128 valence electrons. The molecule has 0 aliphatic carbocycles. The zero-order valence-corrected chi connectivity index (χ0v) is 12.3. The highest BCUT2D eigenvalue weighted by molar-refractivity contribution is 5.91. The summed E-state index contributed by atoms with van der Waals surface area (Å²) in [6.07, 6.45) is -3.30. The molecular formula is C13H16F3N3O4. The molecule has 3 N–H and O–H groups in total. The maximum Gasteiger partial charge on any atom is 0.490 e. The Hall–Kier alpha value is -2.36. The van der Waals surface area contributed by atoms with Gasteiger partial charge < -0.3 is 20.5 Å². The van der Waals surface area contributed by atoms with Gasteiger partial charge in [-0.25, -0.2) is 9.78 Å². The van der Waals surface area contributed by atoms with Gasteiger partial charge in [0.05, 0.1) is 6.20 Å². The molecule has 0 unspecified atom stereocenters. The molecule has 2 heterocycles. The van der Waals surface area contributed by atoms with Crippen molar-refractivity contribution in [1.82, 2.24) is 15.6 Å². The number of nitrogens with zero attached hydrogens (tertiary/aromatic N) is 1. The highest BCUT2D eigenvalue weighted by Gasteiger charge is 2.38. The van der Waals surface area contributed by atoms with Crippen molar-refractivity contribution >= 4 is 11.9 Å². The lowest BCUT2D eigenvalue weighted by molar-refractivity contribution is -0.192. The minimum Gasteiger partial charge on any atom is -0.486 e. The predicted octanol–water partition coefficient (Wildman–Crippen LogP) is 0.814. The average molecular weight is 335 g/mol. The van der Waals surface area contributed by atoms with E-state index in [2.05, 4.69) is 22.5 Å². The minimum absolute atomic E-state index is 0.190. The van der Waals surface area contributed by atoms with Gasteiger partial charge in [-0.2, -0.15) is 13.2 Å². The van der Waals surface area contributed by atoms with E-state index in [-0.39, 0.29) is 12.0 Å². The number of aromatic nitrogens is 1. The van der Waals surface area contributed by atoms with Crippen molar-refractivity contribution in [3.8, 4) is 5.75 Å². The number of carboxylic acids is 1. The van der Waals surface area contributed by atoms with E-state index >= 15 is 0 Å². The number of pyridine rings is 1. The summed E-state index contributed by atoms with van der Waals surface area (Å²) in [4.78, 5) is 24.2. The Bertz CT molecular complexity index is 548. The smallest absolute Gasteiger partial charge is 0.486 e. The normalized spacial score (nSPS) is 19.7. The number of alkyl halides is 3. The summed E-state index contributed by atoms with van der Waals surface area (Å²) in [5, 5.41) is 12.9. The fraction of sp³-hybridized carbons (Fsp3) is 0.462. The van der Waals surface area contributed by atoms with Crippen LogP contribution < -0.4 is 15.4 Å². The van der Waals surface area contributed by atoms with Gasteiger partial charge in [-0.05, 0) is 19.1 Å². The van der Waals surface area contributed by atoms with Crippen LogP contribution in [-0.4, -0.2) is 53.9 Å². The summed E-state index contributed by atoms with van der Waals surface area (Å²) in [7, 11) is 1.58. The number of carboxylic acid groups (broad SMARTS) is 1. The summed E-state index contributed by atoms with van der Waals surface area (Å²) in [6, 6.07) is 3.80. The number of rotatable bonds is 3. The maximum absolute atomic E-state index is 11.2. The third kappa shape index (κ3) is 5.74. The van der Waals surface area contributed by atoms with Gasteiger partial charge in [0.2, 0.25) is 0 Å². The predicted molar refractivity (Wildman–Crippen MR) is 73.2 cm³/mol. The van der Waals surface area contributed by atoms with Crippen molar-refractivity contribution < 1.29 is 32.6 Å². The van der Waals surface area contributed by atoms with Gasteiger partial charge in [0, 0.05) is 19.6 Å². The number of carbonyl (C=O) groups excluding carboxylic acids is 1. The quantitative estimate of drug-likeness (QED) is 0.756. The van der Waals surface area contributed by atoms with Crippen molar-refractivity contribution in [2.45, 2.75) is 25.2 Å². The molecule has 1 aromatic rings. The number of nitrogens with one attached hydrogen (secondary N) is 2. The molecule has 0 spiro atoms. The van der Waals surface area contributed by atoms with Crippen LogP contribution in [0.25, 0.3) is 0 Å². The van der Waals surface area contributed by atoms with Crippen molar-refractivity contribution in [3.63, 3.8) is 0 Å². The van der Waals surface area contributed by atoms with E-state index in [0.29, 0.717) is 17.5 Å². The second kappa shape index (κ2) is 7.77. The number of carbonyl (C=O) groups is 2. The van der Waals surface area contributed by atoms with Crippen LogP contribution in [0.15, 0.2) is 18.3 Å². The summed E-state index contributed by atoms with van der Waals surface area (Å²) in [5.41, 5.74) is 0.398. The van der Waals surface area contributed by atoms with Gasteiger partial charge in [0.1, 0.15) is 17.5 Å². The molecule has 0 saturated carbocycles. The average Bonchev–Trinajstić information content (AvgIpc) is 2.50. The molecule has 1 amide bonds. The molecule has 0 bridgehead atoms. The van der Waals surface area contributed by atoms with Crippen LogP contribution in [0.3, 0.4) is 0 Å². The Balaban J connectivity index is 0.000000322. The number of ether oxygens (including phenoxy) is 1. The highest BCUT2D eigenvalue weighted by Crippen LogP contribution is 2.16.